The number of alkyl halides is 5. The van der Waals surface area contributed by atoms with E-state index in [1.54, 1.807) is 20.8 Å². The molecule has 96 valence electrons. The third kappa shape index (κ3) is 4.71. The van der Waals surface area contributed by atoms with Crippen LogP contribution in [0, 0.1) is 5.41 Å². The number of carbonyl (C=O) groups is 1. The molecular formula is C10H15F3IO2-. The van der Waals surface area contributed by atoms with Gasteiger partial charge in [0.15, 0.2) is 0 Å². The van der Waals surface area contributed by atoms with Gasteiger partial charge in [-0.15, -0.1) is 0 Å². The molecular weight excluding hydrogens is 336 g/mol. The van der Waals surface area contributed by atoms with Gasteiger partial charge in [-0.1, -0.05) is 0 Å². The van der Waals surface area contributed by atoms with Crippen molar-refractivity contribution in [2.45, 2.75) is 31.1 Å². The average Bonchev–Trinajstić information content (AvgIpc) is 2.08. The van der Waals surface area contributed by atoms with Crippen molar-refractivity contribution in [3.8, 4) is 0 Å². The fourth-order valence-corrected chi connectivity index (χ4v) is 1.90. The fourth-order valence-electron chi connectivity index (χ4n) is 0.706. The van der Waals surface area contributed by atoms with Gasteiger partial charge in [-0.25, -0.2) is 0 Å². The summed E-state index contributed by atoms with van der Waals surface area (Å²) in [4.78, 5) is 12.8. The van der Waals surface area contributed by atoms with Gasteiger partial charge in [0.25, 0.3) is 0 Å². The van der Waals surface area contributed by atoms with Crippen LogP contribution >= 0.6 is 0 Å². The molecule has 0 aromatic carbocycles. The number of rotatable bonds is 3. The molecule has 0 aromatic heterocycles. The van der Waals surface area contributed by atoms with Crippen molar-refractivity contribution < 1.29 is 43.9 Å². The summed E-state index contributed by atoms with van der Waals surface area (Å²) in [7, 11) is 0. The summed E-state index contributed by atoms with van der Waals surface area (Å²) in [6.45, 7) is 8.55. The first-order chi connectivity index (χ1) is 7.00. The molecule has 2 nitrogen and oxygen atoms in total. The standard InChI is InChI=1S/C10H15F3IO2/c1-6(9(2,3)4)7(15)16-8(14-5)10(11,12)13/h8H,1H2,2-5H3/q-1. The molecule has 0 aliphatic carbocycles. The van der Waals surface area contributed by atoms with Crippen LogP contribution in [0.5, 0.6) is 0 Å². The molecule has 0 aromatic rings. The SMILES string of the molecule is C=C(C(=O)OC([I-]C)C(F)(F)F)C(C)(C)C. The van der Waals surface area contributed by atoms with Gasteiger partial charge < -0.3 is 0 Å². The van der Waals surface area contributed by atoms with E-state index < -0.39 is 42.9 Å². The predicted octanol–water partition coefficient (Wildman–Crippen LogP) is -0.261. The Kier molecular flexibility index (Phi) is 5.28. The van der Waals surface area contributed by atoms with Crippen molar-refractivity contribution in [2.75, 3.05) is 4.93 Å². The molecule has 0 N–H and O–H groups in total. The molecule has 0 fully saturated rings. The van der Waals surface area contributed by atoms with E-state index in [0.29, 0.717) is 0 Å². The van der Waals surface area contributed by atoms with Crippen LogP contribution in [0.15, 0.2) is 12.2 Å². The van der Waals surface area contributed by atoms with E-state index in [-0.39, 0.29) is 5.57 Å². The summed E-state index contributed by atoms with van der Waals surface area (Å²) in [5.74, 6) is -0.962. The normalized spacial score (nSPS) is 14.7. The van der Waals surface area contributed by atoms with Gasteiger partial charge >= 0.3 is 103 Å². The van der Waals surface area contributed by atoms with Crippen molar-refractivity contribution in [2.24, 2.45) is 5.41 Å². The molecule has 0 amide bonds. The predicted molar refractivity (Wildman–Crippen MR) is 50.5 cm³/mol. The second kappa shape index (κ2) is 5.37. The molecule has 0 aliphatic rings. The average molecular weight is 351 g/mol. The van der Waals surface area contributed by atoms with Crippen LogP contribution < -0.4 is 21.2 Å². The summed E-state index contributed by atoms with van der Waals surface area (Å²) < 4.78 is 39.6. The zero-order valence-corrected chi connectivity index (χ0v) is 11.8. The number of ether oxygens (including phenoxy) is 1. The number of hydrogen-bond donors (Lipinski definition) is 0. The zero-order valence-electron chi connectivity index (χ0n) is 9.61. The van der Waals surface area contributed by atoms with E-state index in [2.05, 4.69) is 11.3 Å². The van der Waals surface area contributed by atoms with E-state index in [0.717, 1.165) is 0 Å². The van der Waals surface area contributed by atoms with Crippen LogP contribution in [0.3, 0.4) is 0 Å². The van der Waals surface area contributed by atoms with Gasteiger partial charge in [0.1, 0.15) is 0 Å². The van der Waals surface area contributed by atoms with Gasteiger partial charge in [-0.2, -0.15) is 0 Å². The fraction of sp³-hybridized carbons (Fsp3) is 0.700. The first kappa shape index (κ1) is 15.7. The van der Waals surface area contributed by atoms with Gasteiger partial charge in [0, 0.05) is 0 Å². The number of halogens is 4. The number of esters is 1. The van der Waals surface area contributed by atoms with Crippen molar-refractivity contribution >= 4 is 5.97 Å². The van der Waals surface area contributed by atoms with Crippen molar-refractivity contribution in [3.63, 3.8) is 0 Å². The van der Waals surface area contributed by atoms with Gasteiger partial charge in [0.05, 0.1) is 0 Å². The Labute approximate surface area is 103 Å². The number of hydrogen-bond acceptors (Lipinski definition) is 2. The first-order valence-corrected chi connectivity index (χ1v) is 7.85. The molecule has 16 heavy (non-hydrogen) atoms. The third-order valence-corrected chi connectivity index (χ3v) is 3.91. The minimum atomic E-state index is -4.48. The zero-order chi connectivity index (χ0) is 13.1. The Morgan fingerprint density at radius 2 is 1.75 bits per heavy atom. The van der Waals surface area contributed by atoms with Crippen LogP contribution in [-0.2, 0) is 9.53 Å². The number of carbonyl (C=O) groups excluding carboxylic acids is 1. The van der Waals surface area contributed by atoms with E-state index in [1.165, 1.54) is 4.93 Å². The molecule has 0 saturated carbocycles. The maximum absolute atomic E-state index is 12.4. The molecule has 1 unspecified atom stereocenters. The molecule has 0 saturated heterocycles. The quantitative estimate of drug-likeness (QED) is 0.303. The Morgan fingerprint density at radius 1 is 1.31 bits per heavy atom. The third-order valence-electron chi connectivity index (χ3n) is 1.82. The topological polar surface area (TPSA) is 26.3 Å². The summed E-state index contributed by atoms with van der Waals surface area (Å²) in [6, 6.07) is 0. The maximum atomic E-state index is 12.4. The van der Waals surface area contributed by atoms with Crippen molar-refractivity contribution in [1.82, 2.24) is 0 Å². The van der Waals surface area contributed by atoms with Crippen molar-refractivity contribution in [1.29, 1.82) is 0 Å². The van der Waals surface area contributed by atoms with Crippen molar-refractivity contribution in [3.05, 3.63) is 12.2 Å². The van der Waals surface area contributed by atoms with Crippen LogP contribution in [0.1, 0.15) is 20.8 Å². The molecule has 0 heterocycles. The molecule has 0 spiro atoms. The molecule has 0 rings (SSSR count). The van der Waals surface area contributed by atoms with Crippen LogP contribution in [0.2, 0.25) is 0 Å². The van der Waals surface area contributed by atoms with E-state index in [1.807, 2.05) is 0 Å². The Hall–Kier alpha value is -0.270. The van der Waals surface area contributed by atoms with E-state index in [4.69, 9.17) is 0 Å². The minimum absolute atomic E-state index is 0.0548. The Bertz CT molecular complexity index is 279. The van der Waals surface area contributed by atoms with E-state index >= 15 is 0 Å². The van der Waals surface area contributed by atoms with Crippen LogP contribution in [-0.4, -0.2) is 21.2 Å². The van der Waals surface area contributed by atoms with Crippen LogP contribution in [0.25, 0.3) is 0 Å². The summed E-state index contributed by atoms with van der Waals surface area (Å²) in [6.07, 6.45) is -4.48. The Balaban J connectivity index is 4.62. The monoisotopic (exact) mass is 351 g/mol. The second-order valence-electron chi connectivity index (χ2n) is 4.21. The summed E-state index contributed by atoms with van der Waals surface area (Å²) in [5, 5.41) is 0. The van der Waals surface area contributed by atoms with Gasteiger partial charge in [-0.3, -0.25) is 0 Å². The van der Waals surface area contributed by atoms with E-state index in [9.17, 15) is 18.0 Å². The summed E-state index contributed by atoms with van der Waals surface area (Å²) in [5.41, 5.74) is -0.529. The van der Waals surface area contributed by atoms with Gasteiger partial charge in [0.2, 0.25) is 0 Å². The molecule has 6 heteroatoms. The summed E-state index contributed by atoms with van der Waals surface area (Å²) >= 11 is -1.25. The second-order valence-corrected chi connectivity index (χ2v) is 6.59. The molecule has 1 atom stereocenters. The Morgan fingerprint density at radius 3 is 2.00 bits per heavy atom. The first-order valence-electron chi connectivity index (χ1n) is 4.45. The van der Waals surface area contributed by atoms with Gasteiger partial charge in [-0.05, 0) is 0 Å². The van der Waals surface area contributed by atoms with Crippen LogP contribution in [0.4, 0.5) is 13.2 Å². The molecule has 0 radical (unpaired) electrons. The molecule has 0 bridgehead atoms. The molecule has 0 aliphatic heterocycles.